The van der Waals surface area contributed by atoms with Gasteiger partial charge >= 0.3 is 5.97 Å². The van der Waals surface area contributed by atoms with Gasteiger partial charge in [-0.15, -0.1) is 5.53 Å². The molecule has 2 aromatic carbocycles. The van der Waals surface area contributed by atoms with Crippen molar-refractivity contribution in [2.24, 2.45) is 0 Å². The van der Waals surface area contributed by atoms with Crippen molar-refractivity contribution in [1.82, 2.24) is 16.0 Å². The van der Waals surface area contributed by atoms with E-state index < -0.39 is 0 Å². The van der Waals surface area contributed by atoms with Crippen LogP contribution < -0.4 is 11.0 Å². The summed E-state index contributed by atoms with van der Waals surface area (Å²) in [6.07, 6.45) is 1.27. The lowest BCUT2D eigenvalue weighted by molar-refractivity contribution is 0.0307. The van der Waals surface area contributed by atoms with Crippen molar-refractivity contribution in [2.45, 2.75) is 31.1 Å². The summed E-state index contributed by atoms with van der Waals surface area (Å²) in [5.41, 5.74) is 9.92. The minimum atomic E-state index is -0.309. The number of carbonyl (C=O) groups excluding carboxylic acids is 1. The van der Waals surface area contributed by atoms with Crippen LogP contribution in [0.15, 0.2) is 72.1 Å². The zero-order chi connectivity index (χ0) is 18.3. The molecule has 0 unspecified atom stereocenters. The van der Waals surface area contributed by atoms with Crippen molar-refractivity contribution in [2.75, 3.05) is 6.61 Å². The first-order valence-electron chi connectivity index (χ1n) is 9.23. The molecule has 2 N–H and O–H groups in total. The van der Waals surface area contributed by atoms with E-state index in [1.807, 2.05) is 36.4 Å². The lowest BCUT2D eigenvalue weighted by Crippen LogP contribution is -2.40. The van der Waals surface area contributed by atoms with Crippen LogP contribution in [0, 0.1) is 0 Å². The summed E-state index contributed by atoms with van der Waals surface area (Å²) in [5.74, 6) is -0.302. The third kappa shape index (κ3) is 2.97. The SMILES string of the molecule is O=C(O[C@@H]1CC[C@@]2(CO2)C2=C1NNN2Cc1ccccc1)c1ccccc1. The lowest BCUT2D eigenvalue weighted by Gasteiger charge is -2.30. The third-order valence-electron chi connectivity index (χ3n) is 5.35. The monoisotopic (exact) mass is 363 g/mol. The molecule has 3 aliphatic rings. The maximum atomic E-state index is 12.5. The van der Waals surface area contributed by atoms with E-state index in [4.69, 9.17) is 9.47 Å². The Kier molecular flexibility index (Phi) is 3.88. The molecule has 2 aliphatic heterocycles. The molecule has 2 atom stereocenters. The number of hydrogen-bond donors (Lipinski definition) is 2. The van der Waals surface area contributed by atoms with Gasteiger partial charge in [-0.05, 0) is 30.5 Å². The number of ether oxygens (including phenoxy) is 2. The molecule has 1 saturated heterocycles. The van der Waals surface area contributed by atoms with Gasteiger partial charge in [0.1, 0.15) is 11.7 Å². The molecule has 138 valence electrons. The Morgan fingerprint density at radius 2 is 1.85 bits per heavy atom. The van der Waals surface area contributed by atoms with E-state index in [2.05, 4.69) is 28.1 Å². The van der Waals surface area contributed by atoms with Crippen LogP contribution in [0.25, 0.3) is 0 Å². The second-order valence-electron chi connectivity index (χ2n) is 7.15. The molecule has 6 nitrogen and oxygen atoms in total. The second kappa shape index (κ2) is 6.40. The first-order valence-corrected chi connectivity index (χ1v) is 9.23. The van der Waals surface area contributed by atoms with E-state index >= 15 is 0 Å². The van der Waals surface area contributed by atoms with Crippen LogP contribution in [0.2, 0.25) is 0 Å². The highest BCUT2D eigenvalue weighted by Gasteiger charge is 2.57. The van der Waals surface area contributed by atoms with Crippen LogP contribution >= 0.6 is 0 Å². The van der Waals surface area contributed by atoms with Crippen molar-refractivity contribution < 1.29 is 14.3 Å². The molecule has 6 heteroatoms. The normalized spacial score (nSPS) is 25.9. The number of benzene rings is 2. The van der Waals surface area contributed by atoms with Crippen molar-refractivity contribution in [1.29, 1.82) is 0 Å². The van der Waals surface area contributed by atoms with E-state index in [-0.39, 0.29) is 17.7 Å². The molecule has 0 bridgehead atoms. The number of rotatable bonds is 4. The molecule has 0 radical (unpaired) electrons. The molecule has 2 heterocycles. The number of epoxide rings is 1. The summed E-state index contributed by atoms with van der Waals surface area (Å²) in [5, 5.41) is 2.07. The Hall–Kier alpha value is -2.83. The first-order chi connectivity index (χ1) is 13.3. The van der Waals surface area contributed by atoms with Crippen molar-refractivity contribution >= 4 is 5.97 Å². The number of fused-ring (bicyclic) bond motifs is 1. The average Bonchev–Trinajstić information content (AvgIpc) is 3.36. The van der Waals surface area contributed by atoms with E-state index in [0.717, 1.165) is 24.2 Å². The molecular weight excluding hydrogens is 342 g/mol. The highest BCUT2D eigenvalue weighted by molar-refractivity contribution is 5.89. The van der Waals surface area contributed by atoms with Gasteiger partial charge < -0.3 is 14.9 Å². The fraction of sp³-hybridized carbons (Fsp3) is 0.286. The molecule has 2 aromatic rings. The number of hydrazine groups is 2. The topological polar surface area (TPSA) is 66.1 Å². The summed E-state index contributed by atoms with van der Waals surface area (Å²) < 4.78 is 11.7. The van der Waals surface area contributed by atoms with Crippen LogP contribution in [-0.4, -0.2) is 29.3 Å². The molecule has 27 heavy (non-hydrogen) atoms. The van der Waals surface area contributed by atoms with E-state index in [0.29, 0.717) is 18.7 Å². The molecule has 0 aromatic heterocycles. The highest BCUT2D eigenvalue weighted by Crippen LogP contribution is 2.48. The molecule has 0 saturated carbocycles. The zero-order valence-electron chi connectivity index (χ0n) is 14.9. The quantitative estimate of drug-likeness (QED) is 0.643. The van der Waals surface area contributed by atoms with Gasteiger partial charge in [0.2, 0.25) is 0 Å². The number of nitrogens with one attached hydrogen (secondary N) is 2. The van der Waals surface area contributed by atoms with Crippen LogP contribution in [-0.2, 0) is 16.0 Å². The predicted molar refractivity (Wildman–Crippen MR) is 98.8 cm³/mol. The Morgan fingerprint density at radius 3 is 2.56 bits per heavy atom. The van der Waals surface area contributed by atoms with Gasteiger partial charge in [-0.3, -0.25) is 5.01 Å². The van der Waals surface area contributed by atoms with Gasteiger partial charge in [-0.2, -0.15) is 0 Å². The number of hydrogen-bond acceptors (Lipinski definition) is 6. The average molecular weight is 363 g/mol. The highest BCUT2D eigenvalue weighted by atomic mass is 16.6. The van der Waals surface area contributed by atoms with Crippen molar-refractivity contribution in [3.63, 3.8) is 0 Å². The maximum absolute atomic E-state index is 12.5. The van der Waals surface area contributed by atoms with E-state index in [1.165, 1.54) is 5.56 Å². The first kappa shape index (κ1) is 16.4. The molecule has 1 spiro atoms. The molecule has 1 aliphatic carbocycles. The van der Waals surface area contributed by atoms with Crippen molar-refractivity contribution in [3.05, 3.63) is 83.2 Å². The molecule has 0 amide bonds. The molecule has 1 fully saturated rings. The number of esters is 1. The summed E-state index contributed by atoms with van der Waals surface area (Å²) in [4.78, 5) is 12.5. The third-order valence-corrected chi connectivity index (χ3v) is 5.35. The molecule has 5 rings (SSSR count). The van der Waals surface area contributed by atoms with Crippen LogP contribution in [0.5, 0.6) is 0 Å². The van der Waals surface area contributed by atoms with Crippen LogP contribution in [0.1, 0.15) is 28.8 Å². The van der Waals surface area contributed by atoms with E-state index in [1.54, 1.807) is 12.1 Å². The summed E-state index contributed by atoms with van der Waals surface area (Å²) in [6, 6.07) is 19.4. The standard InChI is InChI=1S/C21H21N3O3/c25-20(16-9-5-2-6-10-16)27-17-11-12-21(14-26-21)19-18(17)22-23-24(19)13-15-7-3-1-4-8-15/h1-10,17,22-23H,11-14H2/t17-,21-/m1/s1. The second-order valence-corrected chi connectivity index (χ2v) is 7.15. The fourth-order valence-electron chi connectivity index (χ4n) is 3.88. The summed E-state index contributed by atoms with van der Waals surface area (Å²) in [7, 11) is 0. The van der Waals surface area contributed by atoms with Gasteiger partial charge in [0.25, 0.3) is 0 Å². The fourth-order valence-corrected chi connectivity index (χ4v) is 3.88. The Labute approximate surface area is 157 Å². The molecular formula is C21H21N3O3. The largest absolute Gasteiger partial charge is 0.452 e. The van der Waals surface area contributed by atoms with Gasteiger partial charge in [0.15, 0.2) is 0 Å². The van der Waals surface area contributed by atoms with Gasteiger partial charge in [0, 0.05) is 0 Å². The minimum absolute atomic E-state index is 0.254. The Bertz CT molecular complexity index is 878. The van der Waals surface area contributed by atoms with Gasteiger partial charge in [-0.1, -0.05) is 48.5 Å². The van der Waals surface area contributed by atoms with E-state index in [9.17, 15) is 4.79 Å². The minimum Gasteiger partial charge on any atom is -0.452 e. The zero-order valence-corrected chi connectivity index (χ0v) is 14.9. The van der Waals surface area contributed by atoms with Crippen LogP contribution in [0.4, 0.5) is 0 Å². The van der Waals surface area contributed by atoms with Gasteiger partial charge in [-0.25, -0.2) is 4.79 Å². The smallest absolute Gasteiger partial charge is 0.338 e. The Balaban J connectivity index is 1.40. The maximum Gasteiger partial charge on any atom is 0.338 e. The predicted octanol–water partition coefficient (Wildman–Crippen LogP) is 2.51. The van der Waals surface area contributed by atoms with Gasteiger partial charge in [0.05, 0.1) is 30.1 Å². The Morgan fingerprint density at radius 1 is 1.15 bits per heavy atom. The lowest BCUT2D eigenvalue weighted by atomic mass is 9.88. The number of carbonyl (C=O) groups is 1. The van der Waals surface area contributed by atoms with Crippen LogP contribution in [0.3, 0.4) is 0 Å². The van der Waals surface area contributed by atoms with Crippen molar-refractivity contribution in [3.8, 4) is 0 Å². The number of nitrogens with zero attached hydrogens (tertiary/aromatic N) is 1. The summed E-state index contributed by atoms with van der Waals surface area (Å²) >= 11 is 0. The summed E-state index contributed by atoms with van der Waals surface area (Å²) in [6.45, 7) is 1.41.